The number of anilines is 7. The zero-order valence-electron chi connectivity index (χ0n) is 69.5. The Morgan fingerprint density at radius 3 is 1.15 bits per heavy atom. The van der Waals surface area contributed by atoms with E-state index in [4.69, 9.17) is 98.1 Å². The molecule has 7 N–H and O–H groups in total. The molecule has 12 fully saturated rings. The highest BCUT2D eigenvalue weighted by molar-refractivity contribution is 6.31. The first-order valence-corrected chi connectivity index (χ1v) is 43.1. The van der Waals surface area contributed by atoms with Gasteiger partial charge in [0.05, 0.1) is 186 Å². The molecule has 38 heteroatoms. The van der Waals surface area contributed by atoms with Gasteiger partial charge in [-0.3, -0.25) is 34.6 Å². The predicted molar refractivity (Wildman–Crippen MR) is 466 cm³/mol. The fourth-order valence-corrected chi connectivity index (χ4v) is 17.7. The number of nitro groups is 2. The number of halogens is 7. The van der Waals surface area contributed by atoms with Crippen molar-refractivity contribution in [2.75, 3.05) is 121 Å². The Morgan fingerprint density at radius 1 is 0.423 bits per heavy atom. The first-order chi connectivity index (χ1) is 62.7. The molecule has 6 saturated heterocycles. The average molecular weight is 1850 g/mol. The van der Waals surface area contributed by atoms with Crippen LogP contribution in [0, 0.1) is 111 Å². The Balaban J connectivity index is 0.000000110. The Bertz CT molecular complexity index is 6120. The van der Waals surface area contributed by atoms with Crippen LogP contribution in [-0.4, -0.2) is 167 Å². The number of fused-ring (bicyclic) bond motifs is 9. The van der Waals surface area contributed by atoms with Crippen LogP contribution in [0.2, 0.25) is 15.1 Å². The molecule has 6 aliphatic carbocycles. The molecule has 12 atom stereocenters. The molecular formula is C92H87Cl3F4N12O19. The summed E-state index contributed by atoms with van der Waals surface area (Å²) in [4.78, 5) is 79.1. The summed E-state index contributed by atoms with van der Waals surface area (Å²) in [5.74, 6) is 1.74. The molecule has 12 aliphatic rings. The number of carbonyl (C=O) groups is 3. The van der Waals surface area contributed by atoms with Crippen molar-refractivity contribution in [1.82, 2.24) is 29.9 Å². The number of carbonyl (C=O) groups excluding carboxylic acids is 3. The van der Waals surface area contributed by atoms with E-state index in [9.17, 15) is 52.2 Å². The van der Waals surface area contributed by atoms with Gasteiger partial charge in [0, 0.05) is 86.8 Å². The minimum atomic E-state index is -0.989. The Hall–Kier alpha value is -11.9. The van der Waals surface area contributed by atoms with Gasteiger partial charge in [0.15, 0.2) is 5.75 Å². The number of aromatic nitrogens is 6. The third kappa shape index (κ3) is 19.5. The van der Waals surface area contributed by atoms with Gasteiger partial charge in [-0.05, 0) is 128 Å². The second-order valence-corrected chi connectivity index (χ2v) is 35.9. The number of esters is 3. The molecule has 31 nitrogen and oxygen atoms in total. The number of aliphatic hydroxyl groups excluding tert-OH is 2. The molecule has 6 saturated carbocycles. The summed E-state index contributed by atoms with van der Waals surface area (Å²) in [6, 6.07) is 41.3. The van der Waals surface area contributed by atoms with Crippen LogP contribution in [0.5, 0.6) is 11.5 Å². The van der Waals surface area contributed by atoms with Crippen molar-refractivity contribution >= 4 is 137 Å². The lowest BCUT2D eigenvalue weighted by molar-refractivity contribution is -0.387. The van der Waals surface area contributed by atoms with E-state index < -0.39 is 49.6 Å². The lowest BCUT2D eigenvalue weighted by atomic mass is 10.1. The van der Waals surface area contributed by atoms with Crippen molar-refractivity contribution in [2.45, 2.75) is 51.7 Å². The van der Waals surface area contributed by atoms with Gasteiger partial charge in [-0.15, -0.1) is 0 Å². The number of nitrogens with one attached hydrogen (secondary N) is 3. The smallest absolute Gasteiger partial charge is 0.314 e. The highest BCUT2D eigenvalue weighted by Crippen LogP contribution is 2.62. The molecule has 678 valence electrons. The Kier molecular flexibility index (Phi) is 26.0. The molecule has 23 rings (SSSR count). The molecule has 11 aromatic rings. The van der Waals surface area contributed by atoms with Crippen LogP contribution in [0.3, 0.4) is 0 Å². The van der Waals surface area contributed by atoms with E-state index in [1.165, 1.54) is 79.5 Å². The second kappa shape index (κ2) is 37.5. The first-order valence-electron chi connectivity index (χ1n) is 41.9. The molecular weight excluding hydrogens is 1760 g/mol. The van der Waals surface area contributed by atoms with Gasteiger partial charge >= 0.3 is 29.3 Å². The quantitative estimate of drug-likeness (QED) is 0.00817. The Labute approximate surface area is 754 Å². The van der Waals surface area contributed by atoms with E-state index in [-0.39, 0.29) is 90.6 Å². The number of aliphatic hydroxyl groups is 2. The fourth-order valence-electron chi connectivity index (χ4n) is 17.2. The summed E-state index contributed by atoms with van der Waals surface area (Å²) < 4.78 is 108. The fraction of sp³-hybridized carbons (Fsp3) is 0.380. The first kappa shape index (κ1) is 90.1. The average Bonchev–Trinajstić information content (AvgIpc) is 1.63. The number of nitro benzene ring substituents is 2. The summed E-state index contributed by atoms with van der Waals surface area (Å²) in [7, 11) is 0. The number of hydrogen-bond acceptors (Lipinski definition) is 29. The summed E-state index contributed by atoms with van der Waals surface area (Å²) in [6.07, 6.45) is 10.1. The SMILES string of the molecule is Nc1cc2c(Nc3ccc(F)c(Cl)c3)ncnc2cc1OC[C@]12COC[C@H]1C2.O=C1OC[C@H]2C[C@@]12CO.O=C1OC[C@H]2C[C@@]12CO.O=C1OC[C@H]2C[C@@]12COCc1ccccc1.O=[N+]([O-])c1cc2c(Nc3ccc(F)c(Cl)c3)ncnc2cc1F.O=[N+]([O-])c1cc2c(Nc3ccc(F)c(Cl)c3)ncnc2cc1OC[C@]12COC[C@H]1C2.c1ccc(COC[C@]23COC[C@H]2C3)cc1. The number of benzene rings is 8. The zero-order chi connectivity index (χ0) is 90.9. The number of hydrogen-bond donors (Lipinski definition) is 6. The summed E-state index contributed by atoms with van der Waals surface area (Å²) in [5.41, 5.74) is 10.5. The molecule has 0 unspecified atom stereocenters. The van der Waals surface area contributed by atoms with Crippen molar-refractivity contribution in [2.24, 2.45) is 68.0 Å². The van der Waals surface area contributed by atoms with Crippen molar-refractivity contribution < 1.29 is 99.4 Å². The number of rotatable bonds is 24. The molecule has 0 amide bonds. The topological polar surface area (TPSA) is 410 Å². The minimum Gasteiger partial charge on any atom is -0.491 e. The second-order valence-electron chi connectivity index (χ2n) is 34.7. The third-order valence-electron chi connectivity index (χ3n) is 26.1. The Morgan fingerprint density at radius 2 is 0.792 bits per heavy atom. The summed E-state index contributed by atoms with van der Waals surface area (Å²) in [5, 5.41) is 50.3. The summed E-state index contributed by atoms with van der Waals surface area (Å²) >= 11 is 17.4. The molecule has 130 heavy (non-hydrogen) atoms. The maximum absolute atomic E-state index is 13.6. The van der Waals surface area contributed by atoms with Crippen LogP contribution in [0.25, 0.3) is 32.7 Å². The van der Waals surface area contributed by atoms with Crippen LogP contribution in [0.15, 0.2) is 171 Å². The van der Waals surface area contributed by atoms with Gasteiger partial charge in [0.25, 0.3) is 0 Å². The zero-order valence-corrected chi connectivity index (χ0v) is 71.8. The van der Waals surface area contributed by atoms with Crippen LogP contribution in [0.4, 0.5) is 69.1 Å². The molecule has 8 aromatic carbocycles. The molecule has 9 heterocycles. The van der Waals surface area contributed by atoms with Gasteiger partial charge < -0.3 is 79.3 Å². The molecule has 3 aromatic heterocycles. The van der Waals surface area contributed by atoms with E-state index in [1.54, 1.807) is 18.2 Å². The van der Waals surface area contributed by atoms with E-state index in [2.05, 4.69) is 70.1 Å². The van der Waals surface area contributed by atoms with E-state index >= 15 is 0 Å². The van der Waals surface area contributed by atoms with Crippen molar-refractivity contribution in [3.05, 3.63) is 240 Å². The van der Waals surface area contributed by atoms with Crippen LogP contribution in [0.1, 0.15) is 49.7 Å². The van der Waals surface area contributed by atoms with Gasteiger partial charge in [-0.1, -0.05) is 95.5 Å². The van der Waals surface area contributed by atoms with E-state index in [0.717, 1.165) is 113 Å². The van der Waals surface area contributed by atoms with E-state index in [0.29, 0.717) is 144 Å². The third-order valence-corrected chi connectivity index (χ3v) is 26.9. The summed E-state index contributed by atoms with van der Waals surface area (Å²) in [6.45, 7) is 10.0. The lowest BCUT2D eigenvalue weighted by Gasteiger charge is -2.16. The molecule has 0 bridgehead atoms. The van der Waals surface area contributed by atoms with Crippen molar-refractivity contribution in [3.8, 4) is 11.5 Å². The van der Waals surface area contributed by atoms with Crippen molar-refractivity contribution in [1.29, 1.82) is 0 Å². The maximum Gasteiger partial charge on any atom is 0.314 e. The predicted octanol–water partition coefficient (Wildman–Crippen LogP) is 16.0. The van der Waals surface area contributed by atoms with Crippen molar-refractivity contribution in [3.63, 3.8) is 0 Å². The lowest BCUT2D eigenvalue weighted by Crippen LogP contribution is -2.20. The standard InChI is InChI=1S/C20H16ClFN4O4.C20H18ClFN4O2.C14H7ClF2N4O2.C13H14O3.C13H16O2.2C6H8O3/c21-14-3-12(1-2-15(14)22)25-19-13-4-17(26(27)28)18(5-16(13)23-10-24-19)30-9-20-6-11(20)7-29-8-20;21-14-3-12(1-2-15(14)22)26-19-13-4-16(23)18(5-17(13)24-10-25-19)28-9-20-6-11(20)7-27-8-20;15-9-3-7(1-2-10(9)16)20-14-8-4-13(21(22)23)11(17)5-12(8)18-6-19-14;14-12-13(6-11(13)8-16-12)9-15-7-10-4-2-1-3-5-10;1-2-4-11(5-3-1)7-14-9-13-6-12(13)8-15-10-13;2*7-3-6-1-4(6)2-9-5(6)8/h1-5,10-11H,6-9H2,(H,23,24,25);1-5,10-11H,6-9,23H2,(H,24,25,26);1-6H,(H,18,19,20);1-5,11H,6-9H2;1-5,12H,6-10H2;2*4,7H,1-3H2/t2*11-,20+;;11-,13+;12-,13-;2*4-,6+/m11.1111/s1. The van der Waals surface area contributed by atoms with Gasteiger partial charge in [-0.2, -0.15) is 4.39 Å². The highest BCUT2D eigenvalue weighted by Gasteiger charge is 2.68. The minimum absolute atomic E-state index is 0.0247. The monoisotopic (exact) mass is 1840 g/mol. The molecule has 6 aliphatic heterocycles. The molecule has 0 radical (unpaired) electrons. The van der Waals surface area contributed by atoms with Crippen LogP contribution < -0.4 is 31.2 Å². The number of cyclic esters (lactones) is 3. The number of nitrogens with two attached hydrogens (primary N) is 1. The van der Waals surface area contributed by atoms with E-state index in [1.807, 2.05) is 42.5 Å². The maximum atomic E-state index is 13.6. The normalized spacial score (nSPS) is 25.9. The highest BCUT2D eigenvalue weighted by atomic mass is 35.5. The van der Waals surface area contributed by atoms with Crippen LogP contribution >= 0.6 is 34.8 Å². The number of nitrogen functional groups attached to an aromatic ring is 1. The van der Waals surface area contributed by atoms with Crippen LogP contribution in [-0.2, 0) is 65.5 Å². The van der Waals surface area contributed by atoms with Gasteiger partial charge in [0.1, 0.15) is 59.6 Å². The number of nitrogens with zero attached hydrogens (tertiary/aromatic N) is 8. The largest absolute Gasteiger partial charge is 0.491 e. The van der Waals surface area contributed by atoms with Gasteiger partial charge in [0.2, 0.25) is 5.82 Å². The molecule has 0 spiro atoms. The van der Waals surface area contributed by atoms with Gasteiger partial charge in [-0.25, -0.2) is 43.1 Å². The number of ether oxygens (including phenoxy) is 10.